The van der Waals surface area contributed by atoms with Gasteiger partial charge in [0.15, 0.2) is 23.3 Å². The lowest BCUT2D eigenvalue weighted by Crippen LogP contribution is -3.14. The van der Waals surface area contributed by atoms with E-state index in [1.165, 1.54) is 0 Å². The summed E-state index contributed by atoms with van der Waals surface area (Å²) in [5.74, 6) is -11.9. The van der Waals surface area contributed by atoms with E-state index in [1.807, 2.05) is 42.5 Å². The van der Waals surface area contributed by atoms with E-state index in [-0.39, 0.29) is 13.1 Å². The Kier molecular flexibility index (Phi) is 6.08. The third kappa shape index (κ3) is 4.06. The Morgan fingerprint density at radius 3 is 2.00 bits per heavy atom. The second-order valence-corrected chi connectivity index (χ2v) is 6.50. The van der Waals surface area contributed by atoms with Gasteiger partial charge in [0.2, 0.25) is 5.82 Å². The zero-order valence-corrected chi connectivity index (χ0v) is 14.8. The van der Waals surface area contributed by atoms with Crippen LogP contribution in [0, 0.1) is 29.1 Å². The predicted octanol–water partition coefficient (Wildman–Crippen LogP) is 2.44. The molecule has 3 rings (SSSR count). The van der Waals surface area contributed by atoms with Gasteiger partial charge in [0.1, 0.15) is 5.56 Å². The van der Waals surface area contributed by atoms with E-state index in [9.17, 15) is 26.7 Å². The van der Waals surface area contributed by atoms with Crippen LogP contribution in [0.1, 0.15) is 15.9 Å². The van der Waals surface area contributed by atoms with Crippen molar-refractivity contribution in [3.8, 4) is 0 Å². The van der Waals surface area contributed by atoms with Gasteiger partial charge < -0.3 is 9.80 Å². The highest BCUT2D eigenvalue weighted by Crippen LogP contribution is 2.24. The van der Waals surface area contributed by atoms with Gasteiger partial charge in [-0.05, 0) is 11.6 Å². The van der Waals surface area contributed by atoms with E-state index in [1.54, 1.807) is 0 Å². The number of hydrogen-bond acceptors (Lipinski definition) is 1. The van der Waals surface area contributed by atoms with E-state index >= 15 is 0 Å². The zero-order valence-electron chi connectivity index (χ0n) is 14.8. The number of rotatable bonds is 4. The number of quaternary nitrogens is 1. The van der Waals surface area contributed by atoms with E-state index in [0.717, 1.165) is 15.4 Å². The topological polar surface area (TPSA) is 24.8 Å². The number of piperazine rings is 1. The van der Waals surface area contributed by atoms with Gasteiger partial charge in [0, 0.05) is 0 Å². The molecule has 0 radical (unpaired) electrons. The number of nitrogens with zero attached hydrogens (tertiary/aromatic N) is 1. The summed E-state index contributed by atoms with van der Waals surface area (Å²) in [6.07, 6.45) is 3.96. The Bertz CT molecular complexity index is 864. The molecule has 1 aliphatic rings. The lowest BCUT2D eigenvalue weighted by molar-refractivity contribution is -0.898. The summed E-state index contributed by atoms with van der Waals surface area (Å²) in [4.78, 5) is 14.6. The molecule has 0 unspecified atom stereocenters. The molecular weight excluding hydrogens is 379 g/mol. The Morgan fingerprint density at radius 1 is 0.893 bits per heavy atom. The Labute approximate surface area is 158 Å². The van der Waals surface area contributed by atoms with Crippen molar-refractivity contribution in [3.63, 3.8) is 0 Å². The van der Waals surface area contributed by atoms with Crippen molar-refractivity contribution in [3.05, 3.63) is 76.6 Å². The monoisotopic (exact) mass is 397 g/mol. The molecular formula is C20H18F5N2O+. The molecule has 1 fully saturated rings. The van der Waals surface area contributed by atoms with Crippen LogP contribution in [-0.2, 0) is 0 Å². The SMILES string of the molecule is O=C(c1c(F)c(F)c(F)c(F)c1F)N1CC[NH+](C/C=C/c2ccccc2)CC1. The molecule has 0 bridgehead atoms. The largest absolute Gasteiger partial charge is 0.329 e. The average molecular weight is 397 g/mol. The summed E-state index contributed by atoms with van der Waals surface area (Å²) >= 11 is 0. The summed E-state index contributed by atoms with van der Waals surface area (Å²) in [6, 6.07) is 9.70. The smallest absolute Gasteiger partial charge is 0.260 e. The van der Waals surface area contributed by atoms with E-state index < -0.39 is 40.6 Å². The number of nitrogens with one attached hydrogen (secondary N) is 1. The second-order valence-electron chi connectivity index (χ2n) is 6.50. The van der Waals surface area contributed by atoms with Crippen molar-refractivity contribution in [1.29, 1.82) is 0 Å². The highest BCUT2D eigenvalue weighted by atomic mass is 19.2. The number of hydrogen-bond donors (Lipinski definition) is 1. The van der Waals surface area contributed by atoms with Gasteiger partial charge in [0.25, 0.3) is 5.91 Å². The molecule has 148 valence electrons. The van der Waals surface area contributed by atoms with Crippen molar-refractivity contribution < 1.29 is 31.6 Å². The van der Waals surface area contributed by atoms with Crippen LogP contribution in [0.5, 0.6) is 0 Å². The van der Waals surface area contributed by atoms with Crippen molar-refractivity contribution in [2.45, 2.75) is 0 Å². The molecule has 1 amide bonds. The lowest BCUT2D eigenvalue weighted by Gasteiger charge is -2.32. The highest BCUT2D eigenvalue weighted by Gasteiger charge is 2.33. The van der Waals surface area contributed by atoms with Crippen LogP contribution in [0.2, 0.25) is 0 Å². The highest BCUT2D eigenvalue weighted by molar-refractivity contribution is 5.95. The normalized spacial score (nSPS) is 15.4. The van der Waals surface area contributed by atoms with Crippen molar-refractivity contribution >= 4 is 12.0 Å². The van der Waals surface area contributed by atoms with Gasteiger partial charge in [-0.2, -0.15) is 0 Å². The molecule has 0 spiro atoms. The number of halogens is 5. The van der Waals surface area contributed by atoms with Crippen LogP contribution in [-0.4, -0.2) is 43.5 Å². The third-order valence-corrected chi connectivity index (χ3v) is 4.70. The Hall–Kier alpha value is -2.74. The first-order chi connectivity index (χ1) is 13.4. The molecule has 0 aliphatic carbocycles. The van der Waals surface area contributed by atoms with Crippen molar-refractivity contribution in [2.75, 3.05) is 32.7 Å². The molecule has 0 aromatic heterocycles. The molecule has 2 aromatic carbocycles. The number of carbonyl (C=O) groups excluding carboxylic acids is 1. The van der Waals surface area contributed by atoms with Gasteiger partial charge in [-0.25, -0.2) is 22.0 Å². The minimum Gasteiger partial charge on any atom is -0.329 e. The summed E-state index contributed by atoms with van der Waals surface area (Å²) in [6.45, 7) is 2.01. The zero-order chi connectivity index (χ0) is 20.3. The lowest BCUT2D eigenvalue weighted by atomic mass is 10.1. The van der Waals surface area contributed by atoms with Gasteiger partial charge in [-0.15, -0.1) is 0 Å². The number of benzene rings is 2. The summed E-state index contributed by atoms with van der Waals surface area (Å²) in [7, 11) is 0. The number of amides is 1. The van der Waals surface area contributed by atoms with Crippen LogP contribution in [0.15, 0.2) is 36.4 Å². The first-order valence-electron chi connectivity index (χ1n) is 8.76. The van der Waals surface area contributed by atoms with Crippen LogP contribution in [0.3, 0.4) is 0 Å². The fraction of sp³-hybridized carbons (Fsp3) is 0.250. The fourth-order valence-corrected chi connectivity index (χ4v) is 3.11. The van der Waals surface area contributed by atoms with Crippen molar-refractivity contribution in [1.82, 2.24) is 4.90 Å². The fourth-order valence-electron chi connectivity index (χ4n) is 3.11. The van der Waals surface area contributed by atoms with Crippen LogP contribution >= 0.6 is 0 Å². The van der Waals surface area contributed by atoms with Crippen LogP contribution < -0.4 is 4.90 Å². The quantitative estimate of drug-likeness (QED) is 0.479. The summed E-state index contributed by atoms with van der Waals surface area (Å²) in [5.41, 5.74) is -0.342. The maximum Gasteiger partial charge on any atom is 0.260 e. The first kappa shape index (κ1) is 20.0. The van der Waals surface area contributed by atoms with Crippen LogP contribution in [0.25, 0.3) is 6.08 Å². The molecule has 1 aliphatic heterocycles. The summed E-state index contributed by atoms with van der Waals surface area (Å²) < 4.78 is 67.4. The summed E-state index contributed by atoms with van der Waals surface area (Å²) in [5, 5.41) is 0. The molecule has 0 saturated carbocycles. The van der Waals surface area contributed by atoms with Crippen molar-refractivity contribution in [2.24, 2.45) is 0 Å². The maximum atomic E-state index is 13.8. The van der Waals surface area contributed by atoms with E-state index in [4.69, 9.17) is 0 Å². The molecule has 3 nitrogen and oxygen atoms in total. The second kappa shape index (κ2) is 8.52. The van der Waals surface area contributed by atoms with Gasteiger partial charge in [-0.1, -0.05) is 36.4 Å². The molecule has 1 N–H and O–H groups in total. The molecule has 1 saturated heterocycles. The minimum atomic E-state index is -2.27. The van der Waals surface area contributed by atoms with E-state index in [0.29, 0.717) is 19.6 Å². The van der Waals surface area contributed by atoms with Gasteiger partial charge >= 0.3 is 0 Å². The first-order valence-corrected chi connectivity index (χ1v) is 8.76. The van der Waals surface area contributed by atoms with Gasteiger partial charge in [0.05, 0.1) is 32.7 Å². The third-order valence-electron chi connectivity index (χ3n) is 4.70. The molecule has 1 heterocycles. The number of carbonyl (C=O) groups is 1. The van der Waals surface area contributed by atoms with E-state index in [2.05, 4.69) is 0 Å². The molecule has 8 heteroatoms. The maximum absolute atomic E-state index is 13.8. The Balaban J connectivity index is 1.62. The molecule has 28 heavy (non-hydrogen) atoms. The average Bonchev–Trinajstić information content (AvgIpc) is 2.72. The van der Waals surface area contributed by atoms with Crippen LogP contribution in [0.4, 0.5) is 22.0 Å². The standard InChI is InChI=1S/C20H17F5N2O/c21-15-14(16(22)18(24)19(25)17(15)23)20(28)27-11-9-26(10-12-27)8-4-7-13-5-2-1-3-6-13/h1-7H,8-12H2/p+1/b7-4+. The molecule has 0 atom stereocenters. The Morgan fingerprint density at radius 2 is 1.43 bits per heavy atom. The predicted molar refractivity (Wildman–Crippen MR) is 93.2 cm³/mol. The molecule has 2 aromatic rings. The minimum absolute atomic E-state index is 0.160. The van der Waals surface area contributed by atoms with Gasteiger partial charge in [-0.3, -0.25) is 4.79 Å².